The molecule has 19 heavy (non-hydrogen) atoms. The number of carboxylic acids is 1. The summed E-state index contributed by atoms with van der Waals surface area (Å²) < 4.78 is 5.11. The van der Waals surface area contributed by atoms with Gasteiger partial charge in [-0.25, -0.2) is 0 Å². The minimum atomic E-state index is -0.936. The largest absolute Gasteiger partial charge is 0.480 e. The number of hydrogen-bond donors (Lipinski definition) is 3. The van der Waals surface area contributed by atoms with Gasteiger partial charge in [0.05, 0.1) is 17.1 Å². The Morgan fingerprint density at radius 3 is 2.74 bits per heavy atom. The van der Waals surface area contributed by atoms with Gasteiger partial charge in [-0.3, -0.25) is 4.79 Å². The number of carboxylic acid groups (broad SMARTS) is 1. The molecule has 2 aromatic rings. The predicted molar refractivity (Wildman–Crippen MR) is 72.0 cm³/mol. The molecule has 0 fully saturated rings. The lowest BCUT2D eigenvalue weighted by atomic mass is 10.0. The summed E-state index contributed by atoms with van der Waals surface area (Å²) >= 11 is 0. The first-order valence-electron chi connectivity index (χ1n) is 5.77. The van der Waals surface area contributed by atoms with Crippen molar-refractivity contribution in [2.45, 2.75) is 13.8 Å². The van der Waals surface area contributed by atoms with Crippen LogP contribution < -0.4 is 11.1 Å². The first kappa shape index (κ1) is 12.9. The minimum absolute atomic E-state index is 0.172. The number of anilines is 2. The molecule has 2 rings (SSSR count). The van der Waals surface area contributed by atoms with E-state index >= 15 is 0 Å². The highest BCUT2D eigenvalue weighted by molar-refractivity contribution is 5.80. The van der Waals surface area contributed by atoms with E-state index in [2.05, 4.69) is 10.5 Å². The van der Waals surface area contributed by atoms with Crippen LogP contribution in [-0.2, 0) is 4.79 Å². The Morgan fingerprint density at radius 2 is 2.21 bits per heavy atom. The average molecular weight is 261 g/mol. The molecule has 0 aliphatic rings. The second-order valence-corrected chi connectivity index (χ2v) is 4.25. The zero-order valence-electron chi connectivity index (χ0n) is 10.7. The molecule has 0 aliphatic heterocycles. The summed E-state index contributed by atoms with van der Waals surface area (Å²) in [4.78, 5) is 10.5. The lowest BCUT2D eigenvalue weighted by molar-refractivity contribution is -0.134. The maximum Gasteiger partial charge on any atom is 0.322 e. The van der Waals surface area contributed by atoms with Crippen LogP contribution in [0.25, 0.3) is 11.1 Å². The number of nitrogens with one attached hydrogen (secondary N) is 1. The molecule has 0 amide bonds. The third-order valence-corrected chi connectivity index (χ3v) is 2.80. The van der Waals surface area contributed by atoms with Crippen LogP contribution in [0, 0.1) is 13.8 Å². The molecule has 4 N–H and O–H groups in total. The zero-order valence-corrected chi connectivity index (χ0v) is 10.7. The number of nitrogen functional groups attached to an aromatic ring is 1. The summed E-state index contributed by atoms with van der Waals surface area (Å²) in [6.07, 6.45) is 0. The molecule has 1 aromatic heterocycles. The fourth-order valence-corrected chi connectivity index (χ4v) is 1.95. The first-order chi connectivity index (χ1) is 8.99. The third kappa shape index (κ3) is 2.67. The number of nitrogens with zero attached hydrogens (tertiary/aromatic N) is 1. The number of hydrogen-bond acceptors (Lipinski definition) is 5. The lowest BCUT2D eigenvalue weighted by Gasteiger charge is -2.09. The van der Waals surface area contributed by atoms with Crippen LogP contribution in [0.15, 0.2) is 22.7 Å². The second kappa shape index (κ2) is 5.01. The molecule has 0 spiro atoms. The molecule has 0 radical (unpaired) electrons. The van der Waals surface area contributed by atoms with Crippen molar-refractivity contribution in [3.8, 4) is 11.1 Å². The number of carbonyl (C=O) groups is 1. The summed E-state index contributed by atoms with van der Waals surface area (Å²) in [5.74, 6) is -0.211. The van der Waals surface area contributed by atoms with E-state index in [1.54, 1.807) is 12.1 Å². The molecule has 0 atom stereocenters. The van der Waals surface area contributed by atoms with Gasteiger partial charge < -0.3 is 20.7 Å². The fraction of sp³-hybridized carbons (Fsp3) is 0.231. The maximum atomic E-state index is 10.5. The van der Waals surface area contributed by atoms with Crippen molar-refractivity contribution in [2.24, 2.45) is 0 Å². The number of benzene rings is 1. The zero-order chi connectivity index (χ0) is 14.0. The SMILES string of the molecule is Cc1noc(C)c1-c1ccc(NCC(=O)O)c(N)c1. The molecule has 0 bridgehead atoms. The van der Waals surface area contributed by atoms with E-state index in [1.165, 1.54) is 0 Å². The number of aryl methyl sites for hydroxylation is 2. The Bertz CT molecular complexity index is 600. The van der Waals surface area contributed by atoms with Gasteiger partial charge in [-0.15, -0.1) is 0 Å². The summed E-state index contributed by atoms with van der Waals surface area (Å²) in [6, 6.07) is 5.38. The number of nitrogens with two attached hydrogens (primary N) is 1. The lowest BCUT2D eigenvalue weighted by Crippen LogP contribution is -2.13. The first-order valence-corrected chi connectivity index (χ1v) is 5.77. The van der Waals surface area contributed by atoms with E-state index in [0.29, 0.717) is 11.4 Å². The van der Waals surface area contributed by atoms with Crippen LogP contribution in [0.1, 0.15) is 11.5 Å². The van der Waals surface area contributed by atoms with Crippen LogP contribution in [0.2, 0.25) is 0 Å². The molecule has 6 heteroatoms. The maximum absolute atomic E-state index is 10.5. The standard InChI is InChI=1S/C13H15N3O3/c1-7-13(8(2)19-16-7)9-3-4-11(10(14)5-9)15-6-12(17)18/h3-5,15H,6,14H2,1-2H3,(H,17,18). The van der Waals surface area contributed by atoms with Gasteiger partial charge in [0.2, 0.25) is 0 Å². The summed E-state index contributed by atoms with van der Waals surface area (Å²) in [5.41, 5.74) is 9.59. The highest BCUT2D eigenvalue weighted by Gasteiger charge is 2.12. The molecule has 0 aliphatic carbocycles. The van der Waals surface area contributed by atoms with Crippen molar-refractivity contribution in [3.05, 3.63) is 29.7 Å². The van der Waals surface area contributed by atoms with Gasteiger partial charge in [-0.05, 0) is 31.5 Å². The van der Waals surface area contributed by atoms with Gasteiger partial charge in [0.25, 0.3) is 0 Å². The third-order valence-electron chi connectivity index (χ3n) is 2.80. The van der Waals surface area contributed by atoms with E-state index in [1.807, 2.05) is 19.9 Å². The van der Waals surface area contributed by atoms with Crippen molar-refractivity contribution in [3.63, 3.8) is 0 Å². The predicted octanol–water partition coefficient (Wildman–Crippen LogP) is 2.04. The quantitative estimate of drug-likeness (QED) is 0.728. The van der Waals surface area contributed by atoms with E-state index in [9.17, 15) is 4.79 Å². The molecule has 6 nitrogen and oxygen atoms in total. The topological polar surface area (TPSA) is 101 Å². The van der Waals surface area contributed by atoms with Gasteiger partial charge in [-0.1, -0.05) is 11.2 Å². The second-order valence-electron chi connectivity index (χ2n) is 4.25. The molecule has 100 valence electrons. The normalized spacial score (nSPS) is 10.4. The van der Waals surface area contributed by atoms with Gasteiger partial charge in [0.1, 0.15) is 12.3 Å². The summed E-state index contributed by atoms with van der Waals surface area (Å²) in [7, 11) is 0. The van der Waals surface area contributed by atoms with E-state index < -0.39 is 5.97 Å². The Kier molecular flexibility index (Phi) is 3.41. The monoisotopic (exact) mass is 261 g/mol. The Morgan fingerprint density at radius 1 is 1.47 bits per heavy atom. The molecule has 0 saturated carbocycles. The highest BCUT2D eigenvalue weighted by Crippen LogP contribution is 2.31. The molecule has 0 saturated heterocycles. The molecule has 1 heterocycles. The number of aliphatic carboxylic acids is 1. The van der Waals surface area contributed by atoms with Gasteiger partial charge in [0, 0.05) is 5.56 Å². The van der Waals surface area contributed by atoms with Crippen LogP contribution in [0.3, 0.4) is 0 Å². The smallest absolute Gasteiger partial charge is 0.322 e. The highest BCUT2D eigenvalue weighted by atomic mass is 16.5. The number of aromatic nitrogens is 1. The summed E-state index contributed by atoms with van der Waals surface area (Å²) in [6.45, 7) is 3.52. The van der Waals surface area contributed by atoms with Gasteiger partial charge in [0.15, 0.2) is 0 Å². The fourth-order valence-electron chi connectivity index (χ4n) is 1.95. The van der Waals surface area contributed by atoms with Crippen LogP contribution in [0.4, 0.5) is 11.4 Å². The van der Waals surface area contributed by atoms with Gasteiger partial charge in [-0.2, -0.15) is 0 Å². The van der Waals surface area contributed by atoms with Gasteiger partial charge >= 0.3 is 5.97 Å². The van der Waals surface area contributed by atoms with Crippen molar-refractivity contribution in [1.29, 1.82) is 0 Å². The van der Waals surface area contributed by atoms with Crippen LogP contribution >= 0.6 is 0 Å². The van der Waals surface area contributed by atoms with Crippen molar-refractivity contribution in [2.75, 3.05) is 17.6 Å². The Hall–Kier alpha value is -2.50. The Labute approximate surface area is 110 Å². The average Bonchev–Trinajstić information content (AvgIpc) is 2.67. The number of rotatable bonds is 4. The molecule has 1 aromatic carbocycles. The van der Waals surface area contributed by atoms with E-state index in [-0.39, 0.29) is 6.54 Å². The van der Waals surface area contributed by atoms with Crippen LogP contribution in [-0.4, -0.2) is 22.8 Å². The molecule has 0 unspecified atom stereocenters. The van der Waals surface area contributed by atoms with E-state index in [0.717, 1.165) is 22.6 Å². The van der Waals surface area contributed by atoms with E-state index in [4.69, 9.17) is 15.4 Å². The molecular formula is C13H15N3O3. The van der Waals surface area contributed by atoms with Crippen LogP contribution in [0.5, 0.6) is 0 Å². The van der Waals surface area contributed by atoms with Crippen molar-refractivity contribution >= 4 is 17.3 Å². The summed E-state index contributed by atoms with van der Waals surface area (Å²) in [5, 5.41) is 15.3. The minimum Gasteiger partial charge on any atom is -0.480 e. The molecular weight excluding hydrogens is 246 g/mol. The Balaban J connectivity index is 2.31. The van der Waals surface area contributed by atoms with Crippen molar-refractivity contribution < 1.29 is 14.4 Å². The van der Waals surface area contributed by atoms with Crippen molar-refractivity contribution in [1.82, 2.24) is 5.16 Å².